The number of anilines is 1. The maximum Gasteiger partial charge on any atom is 0.261 e. The number of aromatic nitrogens is 2. The van der Waals surface area contributed by atoms with Crippen LogP contribution < -0.4 is 10.5 Å². The molecule has 8 nitrogen and oxygen atoms in total. The minimum absolute atomic E-state index is 0.00776. The molecule has 2 aromatic rings. The molecule has 1 N–H and O–H groups in total. The Labute approximate surface area is 178 Å². The molecule has 2 saturated heterocycles. The van der Waals surface area contributed by atoms with E-state index in [1.165, 1.54) is 13.3 Å². The number of amides is 1. The smallest absolute Gasteiger partial charge is 0.261 e. The van der Waals surface area contributed by atoms with Crippen molar-refractivity contribution in [2.24, 2.45) is 0 Å². The number of β-amino-alcohol motifs (C(OH)–C–C–N with tert-alkyl or cyclic N) is 1. The number of alkyl halides is 2. The number of rotatable bonds is 5. The largest absolute Gasteiger partial charge is 0.387 e. The summed E-state index contributed by atoms with van der Waals surface area (Å²) >= 11 is 0. The van der Waals surface area contributed by atoms with E-state index in [2.05, 4.69) is 14.8 Å². The SMILES string of the molecule is CC(=O)N1CCC(O)(CN2CCN(c3ccc4c(=O)n(CC(F)F)cnc4c3)CC2)C1. The first-order valence-electron chi connectivity index (χ1n) is 10.5. The lowest BCUT2D eigenvalue weighted by Crippen LogP contribution is -2.53. The van der Waals surface area contributed by atoms with Crippen molar-refractivity contribution in [1.29, 1.82) is 0 Å². The molecule has 1 aromatic heterocycles. The molecule has 1 unspecified atom stereocenters. The zero-order valence-electron chi connectivity index (χ0n) is 17.5. The van der Waals surface area contributed by atoms with Gasteiger partial charge < -0.3 is 14.9 Å². The minimum Gasteiger partial charge on any atom is -0.387 e. The molecule has 0 saturated carbocycles. The molecule has 4 rings (SSSR count). The third-order valence-corrected chi connectivity index (χ3v) is 6.18. The van der Waals surface area contributed by atoms with E-state index in [0.717, 1.165) is 36.4 Å². The summed E-state index contributed by atoms with van der Waals surface area (Å²) in [5.74, 6) is -0.00776. The fourth-order valence-electron chi connectivity index (χ4n) is 4.46. The molecule has 2 aliphatic rings. The Bertz CT molecular complexity index is 1020. The van der Waals surface area contributed by atoms with Crippen molar-refractivity contribution in [3.05, 3.63) is 34.9 Å². The van der Waals surface area contributed by atoms with Crippen molar-refractivity contribution in [3.8, 4) is 0 Å². The van der Waals surface area contributed by atoms with Gasteiger partial charge in [-0.15, -0.1) is 0 Å². The van der Waals surface area contributed by atoms with Crippen LogP contribution in [0.5, 0.6) is 0 Å². The van der Waals surface area contributed by atoms with Crippen LogP contribution in [0.4, 0.5) is 14.5 Å². The summed E-state index contributed by atoms with van der Waals surface area (Å²) < 4.78 is 26.2. The highest BCUT2D eigenvalue weighted by Crippen LogP contribution is 2.25. The first kappa shape index (κ1) is 21.6. The average Bonchev–Trinajstić information content (AvgIpc) is 3.12. The Morgan fingerprint density at radius 3 is 2.61 bits per heavy atom. The van der Waals surface area contributed by atoms with Crippen LogP contribution >= 0.6 is 0 Å². The third-order valence-electron chi connectivity index (χ3n) is 6.18. The van der Waals surface area contributed by atoms with Gasteiger partial charge in [0.1, 0.15) is 0 Å². The van der Waals surface area contributed by atoms with Gasteiger partial charge in [-0.05, 0) is 24.6 Å². The van der Waals surface area contributed by atoms with Gasteiger partial charge in [-0.2, -0.15) is 0 Å². The molecular weight excluding hydrogens is 408 g/mol. The van der Waals surface area contributed by atoms with Gasteiger partial charge in [0.2, 0.25) is 5.91 Å². The monoisotopic (exact) mass is 435 g/mol. The molecule has 0 aliphatic carbocycles. The van der Waals surface area contributed by atoms with Gasteiger partial charge in [0, 0.05) is 51.9 Å². The number of hydrogen-bond acceptors (Lipinski definition) is 6. The summed E-state index contributed by atoms with van der Waals surface area (Å²) in [7, 11) is 0. The highest BCUT2D eigenvalue weighted by atomic mass is 19.3. The Hall–Kier alpha value is -2.59. The van der Waals surface area contributed by atoms with E-state index in [9.17, 15) is 23.5 Å². The number of hydrogen-bond donors (Lipinski definition) is 1. The number of piperazine rings is 1. The van der Waals surface area contributed by atoms with Crippen LogP contribution in [0, 0.1) is 0 Å². The van der Waals surface area contributed by atoms with Crippen LogP contribution in [0.2, 0.25) is 0 Å². The van der Waals surface area contributed by atoms with Crippen LogP contribution in [0.1, 0.15) is 13.3 Å². The zero-order chi connectivity index (χ0) is 22.2. The quantitative estimate of drug-likeness (QED) is 0.747. The zero-order valence-corrected chi connectivity index (χ0v) is 17.5. The van der Waals surface area contributed by atoms with Gasteiger partial charge in [0.05, 0.1) is 35.9 Å². The number of nitrogens with zero attached hydrogens (tertiary/aromatic N) is 5. The molecular formula is C21H27F2N5O3. The van der Waals surface area contributed by atoms with Gasteiger partial charge in [-0.25, -0.2) is 13.8 Å². The summed E-state index contributed by atoms with van der Waals surface area (Å²) in [6.07, 6.45) is -0.849. The van der Waals surface area contributed by atoms with Crippen LogP contribution in [-0.4, -0.2) is 88.2 Å². The molecule has 2 aliphatic heterocycles. The second-order valence-electron chi connectivity index (χ2n) is 8.47. The number of halogens is 2. The summed E-state index contributed by atoms with van der Waals surface area (Å²) in [5, 5.41) is 11.2. The third kappa shape index (κ3) is 4.69. The van der Waals surface area contributed by atoms with Crippen molar-refractivity contribution >= 4 is 22.5 Å². The van der Waals surface area contributed by atoms with E-state index < -0.39 is 24.1 Å². The Morgan fingerprint density at radius 2 is 1.97 bits per heavy atom. The molecule has 10 heteroatoms. The van der Waals surface area contributed by atoms with Gasteiger partial charge >= 0.3 is 0 Å². The highest BCUT2D eigenvalue weighted by Gasteiger charge is 2.39. The minimum atomic E-state index is -2.61. The Balaban J connectivity index is 1.39. The average molecular weight is 435 g/mol. The van der Waals surface area contributed by atoms with Crippen LogP contribution in [-0.2, 0) is 11.3 Å². The van der Waals surface area contributed by atoms with Crippen molar-refractivity contribution in [2.75, 3.05) is 50.7 Å². The van der Waals surface area contributed by atoms with Crippen LogP contribution in [0.15, 0.2) is 29.3 Å². The molecule has 1 atom stereocenters. The molecule has 0 spiro atoms. The molecule has 2 fully saturated rings. The van der Waals surface area contributed by atoms with Crippen molar-refractivity contribution in [3.63, 3.8) is 0 Å². The number of aliphatic hydroxyl groups is 1. The van der Waals surface area contributed by atoms with E-state index in [1.54, 1.807) is 11.0 Å². The van der Waals surface area contributed by atoms with Gasteiger partial charge in [-0.1, -0.05) is 0 Å². The summed E-state index contributed by atoms with van der Waals surface area (Å²) in [6.45, 7) is 5.40. The Morgan fingerprint density at radius 1 is 1.23 bits per heavy atom. The standard InChI is InChI=1S/C21H27F2N5O3/c1-15(29)27-5-4-21(31,13-27)12-25-6-8-26(9-7-25)16-2-3-17-18(10-16)24-14-28(20(17)30)11-19(22)23/h2-3,10,14,19,31H,4-9,11-13H2,1H3. The van der Waals surface area contributed by atoms with E-state index in [0.29, 0.717) is 37.0 Å². The lowest BCUT2D eigenvalue weighted by atomic mass is 10.0. The predicted molar refractivity (Wildman–Crippen MR) is 112 cm³/mol. The fourth-order valence-corrected chi connectivity index (χ4v) is 4.46. The molecule has 0 radical (unpaired) electrons. The topological polar surface area (TPSA) is 81.9 Å². The lowest BCUT2D eigenvalue weighted by molar-refractivity contribution is -0.128. The van der Waals surface area contributed by atoms with E-state index in [1.807, 2.05) is 12.1 Å². The number of benzene rings is 1. The normalized spacial score (nSPS) is 22.6. The molecule has 1 aromatic carbocycles. The molecule has 3 heterocycles. The van der Waals surface area contributed by atoms with Crippen molar-refractivity contribution < 1.29 is 18.7 Å². The van der Waals surface area contributed by atoms with Crippen LogP contribution in [0.3, 0.4) is 0 Å². The van der Waals surface area contributed by atoms with E-state index >= 15 is 0 Å². The van der Waals surface area contributed by atoms with E-state index in [-0.39, 0.29) is 5.91 Å². The van der Waals surface area contributed by atoms with E-state index in [4.69, 9.17) is 0 Å². The Kier molecular flexibility index (Phi) is 5.94. The maximum atomic E-state index is 12.6. The first-order chi connectivity index (χ1) is 14.7. The fraction of sp³-hybridized carbons (Fsp3) is 0.571. The number of likely N-dealkylation sites (tertiary alicyclic amines) is 1. The molecule has 168 valence electrons. The molecule has 31 heavy (non-hydrogen) atoms. The van der Waals surface area contributed by atoms with Crippen molar-refractivity contribution in [1.82, 2.24) is 19.4 Å². The van der Waals surface area contributed by atoms with Gasteiger partial charge in [0.15, 0.2) is 0 Å². The van der Waals surface area contributed by atoms with Gasteiger partial charge in [-0.3, -0.25) is 19.1 Å². The summed E-state index contributed by atoms with van der Waals surface area (Å²) in [4.78, 5) is 34.2. The number of carbonyl (C=O) groups excluding carboxylic acids is 1. The molecule has 1 amide bonds. The lowest BCUT2D eigenvalue weighted by Gasteiger charge is -2.39. The highest BCUT2D eigenvalue weighted by molar-refractivity contribution is 5.81. The van der Waals surface area contributed by atoms with Crippen LogP contribution in [0.25, 0.3) is 10.9 Å². The number of fused-ring (bicyclic) bond motifs is 1. The van der Waals surface area contributed by atoms with Crippen molar-refractivity contribution in [2.45, 2.75) is 31.9 Å². The predicted octanol–water partition coefficient (Wildman–Crippen LogP) is 0.767. The second-order valence-corrected chi connectivity index (χ2v) is 8.47. The summed E-state index contributed by atoms with van der Waals surface area (Å²) in [5.41, 5.74) is 0.0814. The maximum absolute atomic E-state index is 12.6. The van der Waals surface area contributed by atoms with Gasteiger partial charge in [0.25, 0.3) is 12.0 Å². The second kappa shape index (κ2) is 8.51. The summed E-state index contributed by atoms with van der Waals surface area (Å²) in [6, 6.07) is 5.28. The molecule has 0 bridgehead atoms. The first-order valence-corrected chi connectivity index (χ1v) is 10.5. The number of carbonyl (C=O) groups is 1.